The van der Waals surface area contributed by atoms with Crippen molar-refractivity contribution >= 4 is 11.9 Å². The molecule has 0 aliphatic carbocycles. The van der Waals surface area contributed by atoms with Crippen LogP contribution in [-0.4, -0.2) is 83.0 Å². The number of H-pyrrole nitrogens is 1. The van der Waals surface area contributed by atoms with Crippen molar-refractivity contribution in [3.8, 4) is 16.9 Å². The second-order valence-corrected chi connectivity index (χ2v) is 9.59. The highest BCUT2D eigenvalue weighted by Crippen LogP contribution is 2.23. The molecule has 39 heavy (non-hydrogen) atoms. The molecule has 1 unspecified atom stereocenters. The van der Waals surface area contributed by atoms with Gasteiger partial charge in [0.2, 0.25) is 0 Å². The van der Waals surface area contributed by atoms with E-state index in [2.05, 4.69) is 15.1 Å². The van der Waals surface area contributed by atoms with Crippen LogP contribution in [0.15, 0.2) is 60.9 Å². The first kappa shape index (κ1) is 26.9. The zero-order valence-corrected chi connectivity index (χ0v) is 22.3. The number of carboxylic acids is 1. The lowest BCUT2D eigenvalue weighted by molar-refractivity contribution is -0.137. The molecule has 1 aromatic heterocycles. The van der Waals surface area contributed by atoms with E-state index in [-0.39, 0.29) is 12.3 Å². The summed E-state index contributed by atoms with van der Waals surface area (Å²) in [6.45, 7) is 3.90. The van der Waals surface area contributed by atoms with Crippen LogP contribution in [0, 0.1) is 0 Å². The molecule has 2 N–H and O–H groups in total. The van der Waals surface area contributed by atoms with Gasteiger partial charge in [-0.2, -0.15) is 5.10 Å². The summed E-state index contributed by atoms with van der Waals surface area (Å²) in [7, 11) is 0. The lowest BCUT2D eigenvalue weighted by atomic mass is 10.1. The van der Waals surface area contributed by atoms with E-state index in [1.54, 1.807) is 29.4 Å². The van der Waals surface area contributed by atoms with Crippen molar-refractivity contribution in [1.29, 1.82) is 0 Å². The Morgan fingerprint density at radius 3 is 2.59 bits per heavy atom. The number of rotatable bonds is 15. The van der Waals surface area contributed by atoms with Crippen molar-refractivity contribution in [3.63, 3.8) is 0 Å². The lowest BCUT2D eigenvalue weighted by Gasteiger charge is -2.29. The Hall–Kier alpha value is -3.69. The highest BCUT2D eigenvalue weighted by atomic mass is 16.5. The first-order chi connectivity index (χ1) is 19.5. The van der Waals surface area contributed by atoms with Gasteiger partial charge in [0.15, 0.2) is 0 Å². The number of benzene rings is 2. The molecule has 1 fully saturated rings. The Balaban J connectivity index is 1.46. The van der Waals surface area contributed by atoms with Gasteiger partial charge >= 0.3 is 5.97 Å². The number of aliphatic carboxylic acids is 1. The van der Waals surface area contributed by atoms with Gasteiger partial charge < -0.3 is 19.5 Å². The number of unbranched alkanes of at least 4 members (excludes halogenated alkanes) is 2. The average Bonchev–Trinajstić information content (AvgIpc) is 3.52. The quantitative estimate of drug-likeness (QED) is 0.277. The summed E-state index contributed by atoms with van der Waals surface area (Å²) >= 11 is 0. The molecule has 9 heteroatoms. The number of nitrogens with one attached hydrogen (secondary N) is 1. The smallest absolute Gasteiger partial charge is 0.303 e. The highest BCUT2D eigenvalue weighted by molar-refractivity contribution is 5.94. The van der Waals surface area contributed by atoms with E-state index in [9.17, 15) is 11.0 Å². The summed E-state index contributed by atoms with van der Waals surface area (Å²) in [6.07, 6.45) is 6.49. The zero-order valence-electron chi connectivity index (χ0n) is 23.3. The van der Waals surface area contributed by atoms with Crippen LogP contribution in [0.4, 0.5) is 0 Å². The predicted molar refractivity (Wildman–Crippen MR) is 149 cm³/mol. The van der Waals surface area contributed by atoms with E-state index in [0.29, 0.717) is 49.7 Å². The van der Waals surface area contributed by atoms with E-state index in [1.165, 1.54) is 0 Å². The third-order valence-corrected chi connectivity index (χ3v) is 6.71. The van der Waals surface area contributed by atoms with Gasteiger partial charge in [-0.25, -0.2) is 0 Å². The maximum Gasteiger partial charge on any atom is 0.303 e. The number of nitrogens with zero attached hydrogens (tertiary/aromatic N) is 3. The second-order valence-electron chi connectivity index (χ2n) is 9.59. The minimum Gasteiger partial charge on any atom is -0.493 e. The van der Waals surface area contributed by atoms with E-state index >= 15 is 0 Å². The minimum atomic E-state index is -0.950. The Kier molecular flexibility index (Phi) is 10.4. The molecule has 3 aromatic rings. The molecular formula is C30H38N4O5. The number of ether oxygens (including phenoxy) is 2. The number of carbonyl (C=O) groups excluding carboxylic acids is 1. The average molecular weight is 536 g/mol. The van der Waals surface area contributed by atoms with Gasteiger partial charge in [-0.05, 0) is 49.4 Å². The number of amides is 1. The molecule has 1 saturated heterocycles. The summed E-state index contributed by atoms with van der Waals surface area (Å²) in [5.41, 5.74) is 3.04. The largest absolute Gasteiger partial charge is 0.493 e. The monoisotopic (exact) mass is 535 g/mol. The molecule has 1 atom stereocenters. The molecule has 4 rings (SSSR count). The van der Waals surface area contributed by atoms with Crippen molar-refractivity contribution in [2.45, 2.75) is 38.6 Å². The van der Waals surface area contributed by atoms with Crippen molar-refractivity contribution in [2.24, 2.45) is 0 Å². The van der Waals surface area contributed by atoms with Crippen molar-refractivity contribution < 1.29 is 25.5 Å². The number of para-hydroxylation sites is 1. The van der Waals surface area contributed by atoms with Crippen LogP contribution in [0.5, 0.6) is 5.75 Å². The first-order valence-corrected chi connectivity index (χ1v) is 13.6. The summed E-state index contributed by atoms with van der Waals surface area (Å²) in [5.74, 6) is -0.427. The van der Waals surface area contributed by atoms with Gasteiger partial charge in [-0.1, -0.05) is 30.3 Å². The number of hydrogen-bond donors (Lipinski definition) is 2. The summed E-state index contributed by atoms with van der Waals surface area (Å²) in [6, 6.07) is 14.8. The van der Waals surface area contributed by atoms with Gasteiger partial charge in [-0.3, -0.25) is 19.6 Å². The van der Waals surface area contributed by atoms with Gasteiger partial charge in [0.05, 0.1) is 27.4 Å². The molecule has 2 heterocycles. The molecule has 1 aliphatic heterocycles. The Bertz CT molecular complexity index is 1200. The molecular weight excluding hydrogens is 496 g/mol. The van der Waals surface area contributed by atoms with Crippen LogP contribution in [0.3, 0.4) is 0 Å². The van der Waals surface area contributed by atoms with Gasteiger partial charge in [0, 0.05) is 62.0 Å². The van der Waals surface area contributed by atoms with Gasteiger partial charge in [0.1, 0.15) is 5.75 Å². The van der Waals surface area contributed by atoms with E-state index in [1.807, 2.05) is 36.4 Å². The van der Waals surface area contributed by atoms with Crippen LogP contribution in [0.2, 0.25) is 0 Å². The normalized spacial score (nSPS) is 14.9. The number of morpholine rings is 1. The molecule has 0 spiro atoms. The first-order valence-electron chi connectivity index (χ1n) is 14.2. The fraction of sp³-hybridized carbons (Fsp3) is 0.433. The number of aromatic amines is 1. The van der Waals surface area contributed by atoms with E-state index < -0.39 is 12.5 Å². The molecule has 1 aliphatic rings. The second kappa shape index (κ2) is 15.0. The van der Waals surface area contributed by atoms with Crippen LogP contribution >= 0.6 is 0 Å². The zero-order chi connectivity index (χ0) is 28.2. The van der Waals surface area contributed by atoms with Crippen LogP contribution in [-0.2, 0) is 16.1 Å². The molecule has 0 bridgehead atoms. The summed E-state index contributed by atoms with van der Waals surface area (Å²) < 4.78 is 20.6. The van der Waals surface area contributed by atoms with E-state index in [4.69, 9.17) is 14.6 Å². The Morgan fingerprint density at radius 2 is 1.85 bits per heavy atom. The fourth-order valence-corrected chi connectivity index (χ4v) is 4.52. The fourth-order valence-electron chi connectivity index (χ4n) is 4.52. The van der Waals surface area contributed by atoms with Crippen molar-refractivity contribution in [2.75, 3.05) is 46.0 Å². The third-order valence-electron chi connectivity index (χ3n) is 6.71. The molecule has 0 radical (unpaired) electrons. The van der Waals surface area contributed by atoms with Crippen LogP contribution in [0.25, 0.3) is 11.1 Å². The number of carboxylic acid groups (broad SMARTS) is 1. The molecule has 2 aromatic carbocycles. The van der Waals surface area contributed by atoms with Crippen molar-refractivity contribution in [3.05, 3.63) is 72.1 Å². The van der Waals surface area contributed by atoms with Gasteiger partial charge in [0.25, 0.3) is 5.91 Å². The number of aromatic nitrogens is 2. The molecule has 0 saturated carbocycles. The van der Waals surface area contributed by atoms with Crippen LogP contribution in [0.1, 0.15) is 49.4 Å². The minimum absolute atomic E-state index is 0.149. The predicted octanol–water partition coefficient (Wildman–Crippen LogP) is 4.47. The Labute approximate surface area is 231 Å². The topological polar surface area (TPSA) is 108 Å². The maximum atomic E-state index is 13.8. The SMILES string of the molecule is [2H]C(c1ccccc1OCCCCCC(=O)O)N(CCCN1CCOCC1)C(=O)c1ccc(-c2cn[nH]c2)cc1. The van der Waals surface area contributed by atoms with Gasteiger partial charge in [-0.15, -0.1) is 0 Å². The molecule has 208 valence electrons. The van der Waals surface area contributed by atoms with Crippen LogP contribution < -0.4 is 4.74 Å². The van der Waals surface area contributed by atoms with Crippen molar-refractivity contribution in [1.82, 2.24) is 20.0 Å². The highest BCUT2D eigenvalue weighted by Gasteiger charge is 2.19. The number of hydrogen-bond acceptors (Lipinski definition) is 6. The Morgan fingerprint density at radius 1 is 1.05 bits per heavy atom. The maximum absolute atomic E-state index is 13.8. The third kappa shape index (κ3) is 8.94. The molecule has 9 nitrogen and oxygen atoms in total. The lowest BCUT2D eigenvalue weighted by Crippen LogP contribution is -2.39. The standard InChI is InChI=1S/C30H38N4O5/c35-29(36)9-2-1-5-18-39-28-8-4-3-7-26(28)23-34(15-6-14-33-16-19-38-20-17-33)30(37)25-12-10-24(11-13-25)27-21-31-32-22-27/h3-4,7-8,10-13,21-22H,1-2,5-6,9,14-20,23H2,(H,31,32)(H,35,36)/i23D. The van der Waals surface area contributed by atoms with E-state index in [0.717, 1.165) is 50.0 Å². The number of carbonyl (C=O) groups is 2. The summed E-state index contributed by atoms with van der Waals surface area (Å²) in [4.78, 5) is 28.5. The summed E-state index contributed by atoms with van der Waals surface area (Å²) in [5, 5.41) is 15.6. The molecule has 1 amide bonds.